The van der Waals surface area contributed by atoms with E-state index in [4.69, 9.17) is 0 Å². The summed E-state index contributed by atoms with van der Waals surface area (Å²) >= 11 is 0. The van der Waals surface area contributed by atoms with Crippen molar-refractivity contribution >= 4 is 11.8 Å². The summed E-state index contributed by atoms with van der Waals surface area (Å²) in [6, 6.07) is 15.6. The van der Waals surface area contributed by atoms with Gasteiger partial charge >= 0.3 is 0 Å². The highest BCUT2D eigenvalue weighted by atomic mass is 19.1. The van der Waals surface area contributed by atoms with Crippen LogP contribution in [0.15, 0.2) is 60.7 Å². The predicted molar refractivity (Wildman–Crippen MR) is 181 cm³/mol. The first kappa shape index (κ1) is 36.8. The maximum absolute atomic E-state index is 14.0. The number of hydrogen-bond donors (Lipinski definition) is 3. The maximum Gasteiger partial charge on any atom is 0.253 e. The molecule has 3 aromatic carbocycles. The highest BCUT2D eigenvalue weighted by molar-refractivity contribution is 6.00. The van der Waals surface area contributed by atoms with Crippen LogP contribution in [0.1, 0.15) is 102 Å². The number of aliphatic hydroxyl groups excluding tert-OH is 1. The Bertz CT molecular complexity index is 1380. The van der Waals surface area contributed by atoms with Gasteiger partial charge in [-0.15, -0.1) is 0 Å². The van der Waals surface area contributed by atoms with Gasteiger partial charge in [0.1, 0.15) is 11.6 Å². The molecule has 0 radical (unpaired) electrons. The minimum atomic E-state index is -1.07. The number of nitrogens with zero attached hydrogens (tertiary/aromatic N) is 1. The van der Waals surface area contributed by atoms with Crippen LogP contribution in [0.5, 0.6) is 0 Å². The molecule has 0 fully saturated rings. The zero-order chi connectivity index (χ0) is 33.5. The number of halogens is 2. The first-order valence-corrected chi connectivity index (χ1v) is 16.8. The van der Waals surface area contributed by atoms with E-state index >= 15 is 0 Å². The number of unbranched alkanes of at least 4 members (excludes halogenated alkanes) is 4. The van der Waals surface area contributed by atoms with Crippen LogP contribution in [0.3, 0.4) is 0 Å². The zero-order valence-electron chi connectivity index (χ0n) is 27.9. The summed E-state index contributed by atoms with van der Waals surface area (Å²) in [5, 5.41) is 17.4. The quantitative estimate of drug-likeness (QED) is 0.122. The zero-order valence-corrected chi connectivity index (χ0v) is 27.9. The van der Waals surface area contributed by atoms with Crippen molar-refractivity contribution in [1.29, 1.82) is 0 Å². The SMILES string of the molecule is CCCCCN(CCCCC)C(=O)c1cc(C)cc(C(=O)N[C@@H](Cc2cc(F)cc(F)c2)[C@H](O)CNCc2cccc(CC)c2)c1. The van der Waals surface area contributed by atoms with E-state index in [-0.39, 0.29) is 24.4 Å². The van der Waals surface area contributed by atoms with Crippen LogP contribution in [-0.4, -0.2) is 53.6 Å². The molecule has 0 saturated carbocycles. The van der Waals surface area contributed by atoms with Crippen LogP contribution in [0.25, 0.3) is 0 Å². The Kier molecular flexibility index (Phi) is 15.3. The van der Waals surface area contributed by atoms with Crippen molar-refractivity contribution in [3.05, 3.63) is 106 Å². The summed E-state index contributed by atoms with van der Waals surface area (Å²) in [5.74, 6) is -2.04. The number of hydrogen-bond acceptors (Lipinski definition) is 4. The van der Waals surface area contributed by atoms with E-state index in [9.17, 15) is 23.5 Å². The second-order valence-electron chi connectivity index (χ2n) is 12.2. The molecular weight excluding hydrogens is 584 g/mol. The number of nitrogens with one attached hydrogen (secondary N) is 2. The molecule has 2 amide bonds. The van der Waals surface area contributed by atoms with Gasteiger partial charge in [-0.3, -0.25) is 9.59 Å². The molecule has 0 heterocycles. The van der Waals surface area contributed by atoms with Crippen LogP contribution in [0, 0.1) is 18.6 Å². The molecule has 0 saturated heterocycles. The Morgan fingerprint density at radius 1 is 0.804 bits per heavy atom. The lowest BCUT2D eigenvalue weighted by Crippen LogP contribution is -2.48. The van der Waals surface area contributed by atoms with Crippen LogP contribution in [0.2, 0.25) is 0 Å². The van der Waals surface area contributed by atoms with Crippen LogP contribution < -0.4 is 10.6 Å². The monoisotopic (exact) mass is 635 g/mol. The lowest BCUT2D eigenvalue weighted by molar-refractivity contribution is 0.0749. The topological polar surface area (TPSA) is 81.7 Å². The molecule has 0 spiro atoms. The Labute approximate surface area is 273 Å². The Balaban J connectivity index is 1.80. The summed E-state index contributed by atoms with van der Waals surface area (Å²) in [7, 11) is 0. The van der Waals surface area contributed by atoms with E-state index in [0.717, 1.165) is 62.1 Å². The molecule has 3 rings (SSSR count). The molecule has 0 unspecified atom stereocenters. The number of aliphatic hydroxyl groups is 1. The summed E-state index contributed by atoms with van der Waals surface area (Å²) in [6.45, 7) is 10.2. The number of carbonyl (C=O) groups excluding carboxylic acids is 2. The fourth-order valence-corrected chi connectivity index (χ4v) is 5.62. The Morgan fingerprint density at radius 3 is 2.07 bits per heavy atom. The van der Waals surface area contributed by atoms with Gasteiger partial charge in [0.15, 0.2) is 0 Å². The van der Waals surface area contributed by atoms with Gasteiger partial charge in [0, 0.05) is 43.4 Å². The molecular formula is C38H51F2N3O3. The summed E-state index contributed by atoms with van der Waals surface area (Å²) < 4.78 is 28.1. The highest BCUT2D eigenvalue weighted by Gasteiger charge is 2.24. The molecule has 3 aromatic rings. The van der Waals surface area contributed by atoms with E-state index in [1.165, 1.54) is 17.7 Å². The van der Waals surface area contributed by atoms with E-state index < -0.39 is 29.7 Å². The molecule has 3 N–H and O–H groups in total. The molecule has 6 nitrogen and oxygen atoms in total. The third kappa shape index (κ3) is 12.0. The minimum Gasteiger partial charge on any atom is -0.390 e. The number of carbonyl (C=O) groups is 2. The van der Waals surface area contributed by atoms with Crippen LogP contribution in [-0.2, 0) is 19.4 Å². The number of amides is 2. The summed E-state index contributed by atoms with van der Waals surface area (Å²) in [5.41, 5.74) is 4.08. The molecule has 250 valence electrons. The molecule has 46 heavy (non-hydrogen) atoms. The standard InChI is InChI=1S/C38H51F2N3O3/c1-5-8-10-15-43(16-11-9-6-2)38(46)32-18-27(4)17-31(23-32)37(45)42-35(22-30-20-33(39)24-34(40)21-30)36(44)26-41-25-29-14-12-13-28(7-3)19-29/h12-14,17-21,23-24,35-36,41,44H,5-11,15-16,22,25-26H2,1-4H3,(H,42,45)/t35-,36+/m0/s1. The second-order valence-corrected chi connectivity index (χ2v) is 12.2. The van der Waals surface area contributed by atoms with Crippen molar-refractivity contribution in [1.82, 2.24) is 15.5 Å². The normalized spacial score (nSPS) is 12.5. The minimum absolute atomic E-state index is 0.00875. The molecule has 2 atom stereocenters. The Morgan fingerprint density at radius 2 is 1.43 bits per heavy atom. The molecule has 0 aliphatic rings. The molecule has 0 aliphatic heterocycles. The Hall–Kier alpha value is -3.62. The predicted octanol–water partition coefficient (Wildman–Crippen LogP) is 7.15. The third-order valence-corrected chi connectivity index (χ3v) is 8.18. The first-order valence-electron chi connectivity index (χ1n) is 16.8. The van der Waals surface area contributed by atoms with Crippen LogP contribution in [0.4, 0.5) is 8.78 Å². The fraction of sp³-hybridized carbons (Fsp3) is 0.474. The molecule has 0 aliphatic carbocycles. The van der Waals surface area contributed by atoms with Gasteiger partial charge in [-0.25, -0.2) is 8.78 Å². The van der Waals surface area contributed by atoms with Gasteiger partial charge in [0.25, 0.3) is 11.8 Å². The van der Waals surface area contributed by atoms with Crippen molar-refractivity contribution in [2.75, 3.05) is 19.6 Å². The number of rotatable bonds is 19. The van der Waals surface area contributed by atoms with Crippen molar-refractivity contribution in [2.45, 2.75) is 97.8 Å². The highest BCUT2D eigenvalue weighted by Crippen LogP contribution is 2.17. The molecule has 0 aromatic heterocycles. The van der Waals surface area contributed by atoms with Crippen molar-refractivity contribution < 1.29 is 23.5 Å². The molecule has 8 heteroatoms. The van der Waals surface area contributed by atoms with Crippen molar-refractivity contribution in [3.8, 4) is 0 Å². The average molecular weight is 636 g/mol. The summed E-state index contributed by atoms with van der Waals surface area (Å²) in [6.07, 6.45) is 5.90. The lowest BCUT2D eigenvalue weighted by Gasteiger charge is -2.26. The van der Waals surface area contributed by atoms with Gasteiger partial charge in [0.05, 0.1) is 12.1 Å². The second kappa shape index (κ2) is 19.1. The largest absolute Gasteiger partial charge is 0.390 e. The van der Waals surface area contributed by atoms with Crippen molar-refractivity contribution in [2.24, 2.45) is 0 Å². The van der Waals surface area contributed by atoms with Gasteiger partial charge in [0.2, 0.25) is 0 Å². The number of aryl methyl sites for hydroxylation is 2. The van der Waals surface area contributed by atoms with Gasteiger partial charge < -0.3 is 20.6 Å². The van der Waals surface area contributed by atoms with E-state index in [1.807, 2.05) is 24.0 Å². The first-order chi connectivity index (χ1) is 22.1. The van der Waals surface area contributed by atoms with E-state index in [1.54, 1.807) is 18.2 Å². The van der Waals surface area contributed by atoms with E-state index in [0.29, 0.717) is 30.8 Å². The third-order valence-electron chi connectivity index (χ3n) is 8.18. The molecule has 0 bridgehead atoms. The van der Waals surface area contributed by atoms with Gasteiger partial charge in [-0.2, -0.15) is 0 Å². The maximum atomic E-state index is 14.0. The van der Waals surface area contributed by atoms with E-state index in [2.05, 4.69) is 43.5 Å². The van der Waals surface area contributed by atoms with Gasteiger partial charge in [-0.05, 0) is 85.2 Å². The number of benzene rings is 3. The van der Waals surface area contributed by atoms with Gasteiger partial charge in [-0.1, -0.05) is 70.7 Å². The van der Waals surface area contributed by atoms with Crippen molar-refractivity contribution in [3.63, 3.8) is 0 Å². The average Bonchev–Trinajstić information content (AvgIpc) is 3.02. The van der Waals surface area contributed by atoms with Crippen LogP contribution >= 0.6 is 0 Å². The summed E-state index contributed by atoms with van der Waals surface area (Å²) in [4.78, 5) is 29.2. The fourth-order valence-electron chi connectivity index (χ4n) is 5.62. The lowest BCUT2D eigenvalue weighted by atomic mass is 9.99. The smallest absolute Gasteiger partial charge is 0.253 e.